The number of rotatable bonds is 1. The molecule has 4 heteroatoms. The molecule has 0 N–H and O–H groups in total. The van der Waals surface area contributed by atoms with Crippen molar-refractivity contribution in [1.82, 2.24) is 0 Å². The Labute approximate surface area is 74.5 Å². The number of carbonyl (C=O) groups is 1. The smallest absolute Gasteiger partial charge is 0.150 e. The van der Waals surface area contributed by atoms with E-state index in [4.69, 9.17) is 4.74 Å². The van der Waals surface area contributed by atoms with Gasteiger partial charge >= 0.3 is 0 Å². The average molecular weight is 176 g/mol. The lowest BCUT2D eigenvalue weighted by atomic mass is 10.2. The maximum absolute atomic E-state index is 10.8. The summed E-state index contributed by atoms with van der Waals surface area (Å²) >= 11 is 0. The van der Waals surface area contributed by atoms with Crippen molar-refractivity contribution in [3.8, 4) is 5.75 Å². The van der Waals surface area contributed by atoms with Gasteiger partial charge in [-0.3, -0.25) is 9.79 Å². The number of ether oxygens (including phenoxy) is 1. The molecular weight excluding hydrogens is 170 g/mol. The zero-order chi connectivity index (χ0) is 9.26. The predicted octanol–water partition coefficient (Wildman–Crippen LogP) is 0.282. The van der Waals surface area contributed by atoms with E-state index >= 15 is 0 Å². The van der Waals surface area contributed by atoms with E-state index in [9.17, 15) is 9.90 Å². The minimum Gasteiger partial charge on any atom is -0.859 e. The SMILES string of the molecule is O=Cc1ccc2c(c1)OCC([O-])=N2. The number of aldehydes is 1. The van der Waals surface area contributed by atoms with Crippen LogP contribution in [-0.2, 0) is 0 Å². The summed E-state index contributed by atoms with van der Waals surface area (Å²) in [5.41, 5.74) is 1.00. The first-order valence-corrected chi connectivity index (χ1v) is 3.76. The molecule has 0 atom stereocenters. The zero-order valence-corrected chi connectivity index (χ0v) is 6.69. The standard InChI is InChI=1S/C9H7NO3/c11-4-6-1-2-7-8(3-6)13-5-9(12)10-7/h1-4H,5H2,(H,10,12)/p-1. The third-order valence-corrected chi connectivity index (χ3v) is 1.72. The van der Waals surface area contributed by atoms with E-state index in [1.807, 2.05) is 0 Å². The molecule has 1 aromatic carbocycles. The Bertz CT molecular complexity index is 384. The molecule has 0 aromatic heterocycles. The summed E-state index contributed by atoms with van der Waals surface area (Å²) in [5, 5.41) is 10.8. The van der Waals surface area contributed by atoms with Gasteiger partial charge in [0.2, 0.25) is 0 Å². The van der Waals surface area contributed by atoms with Crippen molar-refractivity contribution >= 4 is 17.9 Å². The fourth-order valence-electron chi connectivity index (χ4n) is 1.12. The second-order valence-electron chi connectivity index (χ2n) is 2.64. The van der Waals surface area contributed by atoms with Crippen LogP contribution < -0.4 is 9.84 Å². The van der Waals surface area contributed by atoms with Crippen LogP contribution in [-0.4, -0.2) is 18.8 Å². The Kier molecular flexibility index (Phi) is 1.73. The van der Waals surface area contributed by atoms with Crippen LogP contribution in [0.3, 0.4) is 0 Å². The second kappa shape index (κ2) is 2.90. The summed E-state index contributed by atoms with van der Waals surface area (Å²) in [6.45, 7) is -0.0463. The number of carbonyl (C=O) groups excluding carboxylic acids is 1. The number of aliphatic imine (C=N–C) groups is 1. The average Bonchev–Trinajstić information content (AvgIpc) is 2.17. The van der Waals surface area contributed by atoms with Crippen molar-refractivity contribution in [3.05, 3.63) is 23.8 Å². The fraction of sp³-hybridized carbons (Fsp3) is 0.111. The quantitative estimate of drug-likeness (QED) is 0.577. The molecule has 1 aliphatic rings. The van der Waals surface area contributed by atoms with Crippen molar-refractivity contribution in [2.24, 2.45) is 4.99 Å². The number of nitrogens with zero attached hydrogens (tertiary/aromatic N) is 1. The molecule has 0 saturated carbocycles. The molecule has 0 saturated heterocycles. The van der Waals surface area contributed by atoms with Gasteiger partial charge in [-0.15, -0.1) is 0 Å². The summed E-state index contributed by atoms with van der Waals surface area (Å²) in [6.07, 6.45) is 0.722. The largest absolute Gasteiger partial charge is 0.859 e. The molecule has 0 fully saturated rings. The Morgan fingerprint density at radius 1 is 1.54 bits per heavy atom. The van der Waals surface area contributed by atoms with Crippen molar-refractivity contribution < 1.29 is 14.6 Å². The summed E-state index contributed by atoms with van der Waals surface area (Å²) < 4.78 is 5.08. The lowest BCUT2D eigenvalue weighted by Crippen LogP contribution is -2.27. The monoisotopic (exact) mass is 176 g/mol. The maximum atomic E-state index is 10.8. The summed E-state index contributed by atoms with van der Waals surface area (Å²) in [5.74, 6) is 0.190. The van der Waals surface area contributed by atoms with Crippen LogP contribution in [0.5, 0.6) is 5.75 Å². The van der Waals surface area contributed by atoms with Crippen LogP contribution in [0.4, 0.5) is 5.69 Å². The van der Waals surface area contributed by atoms with Crippen LogP contribution in [0.2, 0.25) is 0 Å². The van der Waals surface area contributed by atoms with E-state index in [2.05, 4.69) is 4.99 Å². The Hall–Kier alpha value is -1.84. The molecule has 0 spiro atoms. The molecule has 0 radical (unpaired) electrons. The highest BCUT2D eigenvalue weighted by Crippen LogP contribution is 2.30. The van der Waals surface area contributed by atoms with Gasteiger partial charge in [0.15, 0.2) is 0 Å². The highest BCUT2D eigenvalue weighted by atomic mass is 16.5. The molecule has 1 aromatic rings. The molecule has 0 amide bonds. The fourth-order valence-corrected chi connectivity index (χ4v) is 1.12. The number of hydrogen-bond donors (Lipinski definition) is 0. The van der Waals surface area contributed by atoms with Gasteiger partial charge in [0.25, 0.3) is 0 Å². The lowest BCUT2D eigenvalue weighted by molar-refractivity contribution is -0.221. The topological polar surface area (TPSA) is 61.7 Å². The molecule has 1 heterocycles. The molecule has 66 valence electrons. The molecule has 0 unspecified atom stereocenters. The van der Waals surface area contributed by atoms with Gasteiger partial charge < -0.3 is 9.84 Å². The van der Waals surface area contributed by atoms with Gasteiger partial charge in [-0.05, 0) is 18.2 Å². The van der Waals surface area contributed by atoms with E-state index in [0.29, 0.717) is 17.0 Å². The minimum absolute atomic E-state index is 0.0463. The highest BCUT2D eigenvalue weighted by Gasteiger charge is 2.08. The Balaban J connectivity index is 2.49. The van der Waals surface area contributed by atoms with Crippen LogP contribution in [0, 0.1) is 0 Å². The normalized spacial score (nSPS) is 14.0. The number of hydrogen-bond acceptors (Lipinski definition) is 4. The van der Waals surface area contributed by atoms with Crippen LogP contribution in [0.15, 0.2) is 23.2 Å². The maximum Gasteiger partial charge on any atom is 0.150 e. The first-order valence-electron chi connectivity index (χ1n) is 3.76. The van der Waals surface area contributed by atoms with Gasteiger partial charge in [0.1, 0.15) is 24.3 Å². The summed E-state index contributed by atoms with van der Waals surface area (Å²) in [4.78, 5) is 14.1. The second-order valence-corrected chi connectivity index (χ2v) is 2.64. The van der Waals surface area contributed by atoms with Gasteiger partial charge in [0.05, 0.1) is 0 Å². The first kappa shape index (κ1) is 7.79. The third kappa shape index (κ3) is 1.38. The van der Waals surface area contributed by atoms with E-state index in [1.165, 1.54) is 0 Å². The van der Waals surface area contributed by atoms with Gasteiger partial charge in [0, 0.05) is 11.5 Å². The van der Waals surface area contributed by atoms with Gasteiger partial charge in [-0.2, -0.15) is 0 Å². The lowest BCUT2D eigenvalue weighted by Gasteiger charge is -2.19. The highest BCUT2D eigenvalue weighted by molar-refractivity contribution is 5.83. The zero-order valence-electron chi connectivity index (χ0n) is 6.69. The minimum atomic E-state index is -0.300. The molecule has 1 aliphatic heterocycles. The van der Waals surface area contributed by atoms with Crippen LogP contribution in [0.1, 0.15) is 10.4 Å². The third-order valence-electron chi connectivity index (χ3n) is 1.72. The summed E-state index contributed by atoms with van der Waals surface area (Å²) in [7, 11) is 0. The van der Waals surface area contributed by atoms with Crippen LogP contribution in [0.25, 0.3) is 0 Å². The first-order chi connectivity index (χ1) is 6.29. The van der Waals surface area contributed by atoms with Crippen LogP contribution >= 0.6 is 0 Å². The Morgan fingerprint density at radius 3 is 3.15 bits per heavy atom. The predicted molar refractivity (Wildman–Crippen MR) is 44.4 cm³/mol. The van der Waals surface area contributed by atoms with E-state index in [0.717, 1.165) is 6.29 Å². The van der Waals surface area contributed by atoms with Crippen molar-refractivity contribution in [2.45, 2.75) is 0 Å². The van der Waals surface area contributed by atoms with Crippen molar-refractivity contribution in [3.63, 3.8) is 0 Å². The van der Waals surface area contributed by atoms with Gasteiger partial charge in [-0.25, -0.2) is 0 Å². The number of benzene rings is 1. The van der Waals surface area contributed by atoms with E-state index in [-0.39, 0.29) is 12.5 Å². The number of fused-ring (bicyclic) bond motifs is 1. The van der Waals surface area contributed by atoms with Gasteiger partial charge in [-0.1, -0.05) is 0 Å². The van der Waals surface area contributed by atoms with Crippen molar-refractivity contribution in [2.75, 3.05) is 6.61 Å². The molecular formula is C9H6NO3-. The molecule has 13 heavy (non-hydrogen) atoms. The van der Waals surface area contributed by atoms with Crippen molar-refractivity contribution in [1.29, 1.82) is 0 Å². The summed E-state index contributed by atoms with van der Waals surface area (Å²) in [6, 6.07) is 4.76. The van der Waals surface area contributed by atoms with E-state index < -0.39 is 0 Å². The molecule has 0 bridgehead atoms. The van der Waals surface area contributed by atoms with E-state index in [1.54, 1.807) is 18.2 Å². The Morgan fingerprint density at radius 2 is 2.38 bits per heavy atom. The molecule has 2 rings (SSSR count). The molecule has 4 nitrogen and oxygen atoms in total. The molecule has 0 aliphatic carbocycles.